The Hall–Kier alpha value is -3.45. The summed E-state index contributed by atoms with van der Waals surface area (Å²) in [4.78, 5) is 15.4. The first-order valence-electron chi connectivity index (χ1n) is 7.37. The number of phenols is 1. The summed E-state index contributed by atoms with van der Waals surface area (Å²) in [5.74, 6) is 2.33. The van der Waals surface area contributed by atoms with Crippen LogP contribution in [0.5, 0.6) is 11.5 Å². The van der Waals surface area contributed by atoms with Gasteiger partial charge in [0, 0.05) is 23.2 Å². The van der Waals surface area contributed by atoms with E-state index < -0.39 is 0 Å². The monoisotopic (exact) mass is 317 g/mol. The average Bonchev–Trinajstić information content (AvgIpc) is 3.01. The molecule has 4 heteroatoms. The van der Waals surface area contributed by atoms with Crippen LogP contribution >= 0.6 is 0 Å². The molecule has 0 aliphatic carbocycles. The minimum absolute atomic E-state index is 0.104. The lowest BCUT2D eigenvalue weighted by molar-refractivity contribution is 0.104. The number of ketones is 1. The number of terminal acetylenes is 1. The molecule has 2 aromatic carbocycles. The van der Waals surface area contributed by atoms with Crippen molar-refractivity contribution in [3.8, 4) is 23.8 Å². The highest BCUT2D eigenvalue weighted by Crippen LogP contribution is 2.25. The zero-order valence-electron chi connectivity index (χ0n) is 12.8. The second kappa shape index (κ2) is 6.76. The van der Waals surface area contributed by atoms with Crippen LogP contribution in [0.1, 0.15) is 15.9 Å². The third kappa shape index (κ3) is 3.16. The quantitative estimate of drug-likeness (QED) is 0.428. The maximum absolute atomic E-state index is 12.3. The van der Waals surface area contributed by atoms with Crippen LogP contribution < -0.4 is 4.74 Å². The number of allylic oxidation sites excluding steroid dienone is 1. The molecule has 0 spiro atoms. The van der Waals surface area contributed by atoms with Gasteiger partial charge in [0.1, 0.15) is 18.1 Å². The Labute approximate surface area is 139 Å². The predicted molar refractivity (Wildman–Crippen MR) is 94.1 cm³/mol. The number of nitrogens with one attached hydrogen (secondary N) is 1. The average molecular weight is 317 g/mol. The standard InChI is InChI=1S/C20H15NO3/c1-2-11-24-15-8-9-17(20(23)12-15)19(22)10-7-14-13-21-18-6-4-3-5-16(14)18/h1,3-10,12-13,21,23H,11H2. The number of aromatic amines is 1. The van der Waals surface area contributed by atoms with Crippen LogP contribution in [0.15, 0.2) is 54.7 Å². The van der Waals surface area contributed by atoms with Crippen molar-refractivity contribution in [1.82, 2.24) is 4.98 Å². The van der Waals surface area contributed by atoms with Gasteiger partial charge in [0.25, 0.3) is 0 Å². The Morgan fingerprint density at radius 2 is 2.12 bits per heavy atom. The maximum atomic E-state index is 12.3. The fourth-order valence-corrected chi connectivity index (χ4v) is 2.42. The Kier molecular flexibility index (Phi) is 4.35. The number of hydrogen-bond acceptors (Lipinski definition) is 3. The number of ether oxygens (including phenoxy) is 1. The molecule has 1 aromatic heterocycles. The number of aromatic hydroxyl groups is 1. The summed E-state index contributed by atoms with van der Waals surface area (Å²) >= 11 is 0. The van der Waals surface area contributed by atoms with Gasteiger partial charge in [0.15, 0.2) is 5.78 Å². The van der Waals surface area contributed by atoms with Gasteiger partial charge in [-0.1, -0.05) is 24.1 Å². The highest BCUT2D eigenvalue weighted by molar-refractivity contribution is 6.09. The fraction of sp³-hybridized carbons (Fsp3) is 0.0500. The number of phenolic OH excluding ortho intramolecular Hbond substituents is 1. The molecule has 24 heavy (non-hydrogen) atoms. The molecular formula is C20H15NO3. The number of para-hydroxylation sites is 1. The van der Waals surface area contributed by atoms with Crippen LogP contribution in [0, 0.1) is 12.3 Å². The molecule has 0 amide bonds. The van der Waals surface area contributed by atoms with Crippen molar-refractivity contribution in [3.05, 3.63) is 65.9 Å². The largest absolute Gasteiger partial charge is 0.507 e. The highest BCUT2D eigenvalue weighted by Gasteiger charge is 2.10. The predicted octanol–water partition coefficient (Wildman–Crippen LogP) is 3.78. The third-order valence-corrected chi connectivity index (χ3v) is 3.59. The summed E-state index contributed by atoms with van der Waals surface area (Å²) in [5, 5.41) is 11.0. The van der Waals surface area contributed by atoms with Crippen molar-refractivity contribution >= 4 is 22.8 Å². The molecule has 0 saturated carbocycles. The Morgan fingerprint density at radius 1 is 1.29 bits per heavy atom. The molecule has 118 valence electrons. The fourth-order valence-electron chi connectivity index (χ4n) is 2.42. The Morgan fingerprint density at radius 3 is 2.92 bits per heavy atom. The number of hydrogen-bond donors (Lipinski definition) is 2. The summed E-state index contributed by atoms with van der Waals surface area (Å²) < 4.78 is 5.21. The van der Waals surface area contributed by atoms with Gasteiger partial charge >= 0.3 is 0 Å². The van der Waals surface area contributed by atoms with Gasteiger partial charge in [-0.25, -0.2) is 0 Å². The van der Waals surface area contributed by atoms with Crippen molar-refractivity contribution in [2.45, 2.75) is 0 Å². The van der Waals surface area contributed by atoms with Crippen molar-refractivity contribution in [2.24, 2.45) is 0 Å². The number of carbonyl (C=O) groups is 1. The van der Waals surface area contributed by atoms with Crippen molar-refractivity contribution in [2.75, 3.05) is 6.61 Å². The van der Waals surface area contributed by atoms with Crippen LogP contribution in [0.25, 0.3) is 17.0 Å². The van der Waals surface area contributed by atoms with E-state index in [0.717, 1.165) is 16.5 Å². The van der Waals surface area contributed by atoms with E-state index in [1.165, 1.54) is 18.2 Å². The second-order valence-corrected chi connectivity index (χ2v) is 5.16. The minimum Gasteiger partial charge on any atom is -0.507 e. The number of aromatic nitrogens is 1. The minimum atomic E-state index is -0.290. The van der Waals surface area contributed by atoms with Crippen molar-refractivity contribution in [3.63, 3.8) is 0 Å². The van der Waals surface area contributed by atoms with Gasteiger partial charge in [-0.15, -0.1) is 6.42 Å². The van der Waals surface area contributed by atoms with Crippen molar-refractivity contribution < 1.29 is 14.6 Å². The van der Waals surface area contributed by atoms with Gasteiger partial charge in [-0.2, -0.15) is 0 Å². The molecule has 0 bridgehead atoms. The maximum Gasteiger partial charge on any atom is 0.189 e. The van der Waals surface area contributed by atoms with E-state index in [0.29, 0.717) is 5.75 Å². The van der Waals surface area contributed by atoms with Crippen LogP contribution in [0.2, 0.25) is 0 Å². The molecule has 0 unspecified atom stereocenters. The lowest BCUT2D eigenvalue weighted by Crippen LogP contribution is -1.97. The molecule has 0 atom stereocenters. The van der Waals surface area contributed by atoms with Gasteiger partial charge in [-0.05, 0) is 35.9 Å². The van der Waals surface area contributed by atoms with E-state index in [1.807, 2.05) is 30.5 Å². The molecule has 0 radical (unpaired) electrons. The topological polar surface area (TPSA) is 62.3 Å². The lowest BCUT2D eigenvalue weighted by Gasteiger charge is -2.05. The second-order valence-electron chi connectivity index (χ2n) is 5.16. The lowest BCUT2D eigenvalue weighted by atomic mass is 10.1. The molecule has 0 aliphatic rings. The zero-order valence-corrected chi connectivity index (χ0v) is 12.8. The molecule has 3 rings (SSSR count). The van der Waals surface area contributed by atoms with Crippen LogP contribution in [-0.4, -0.2) is 22.5 Å². The van der Waals surface area contributed by atoms with Crippen LogP contribution in [0.4, 0.5) is 0 Å². The highest BCUT2D eigenvalue weighted by atomic mass is 16.5. The molecule has 2 N–H and O–H groups in total. The van der Waals surface area contributed by atoms with Crippen molar-refractivity contribution in [1.29, 1.82) is 0 Å². The molecule has 4 nitrogen and oxygen atoms in total. The first kappa shape index (κ1) is 15.4. The molecular weight excluding hydrogens is 302 g/mol. The van der Waals surface area contributed by atoms with E-state index in [1.54, 1.807) is 12.1 Å². The summed E-state index contributed by atoms with van der Waals surface area (Å²) in [6, 6.07) is 12.3. The summed E-state index contributed by atoms with van der Waals surface area (Å²) in [7, 11) is 0. The molecule has 1 heterocycles. The van der Waals surface area contributed by atoms with Gasteiger partial charge in [0.05, 0.1) is 5.56 Å². The normalized spacial score (nSPS) is 10.8. The summed E-state index contributed by atoms with van der Waals surface area (Å²) in [5.41, 5.74) is 2.12. The number of fused-ring (bicyclic) bond motifs is 1. The number of rotatable bonds is 5. The van der Waals surface area contributed by atoms with Gasteiger partial charge in [-0.3, -0.25) is 4.79 Å². The molecule has 0 aliphatic heterocycles. The van der Waals surface area contributed by atoms with Crippen LogP contribution in [0.3, 0.4) is 0 Å². The smallest absolute Gasteiger partial charge is 0.189 e. The van der Waals surface area contributed by atoms with Gasteiger partial charge < -0.3 is 14.8 Å². The van der Waals surface area contributed by atoms with E-state index >= 15 is 0 Å². The Bertz CT molecular complexity index is 960. The van der Waals surface area contributed by atoms with E-state index in [4.69, 9.17) is 11.2 Å². The van der Waals surface area contributed by atoms with E-state index in [9.17, 15) is 9.90 Å². The molecule has 0 fully saturated rings. The van der Waals surface area contributed by atoms with Gasteiger partial charge in [0.2, 0.25) is 0 Å². The first-order chi connectivity index (χ1) is 11.7. The molecule has 0 saturated heterocycles. The summed E-state index contributed by atoms with van der Waals surface area (Å²) in [6.45, 7) is 0.104. The number of carbonyl (C=O) groups excluding carboxylic acids is 1. The van der Waals surface area contributed by atoms with E-state index in [-0.39, 0.29) is 23.7 Å². The number of benzene rings is 2. The SMILES string of the molecule is C#CCOc1ccc(C(=O)C=Cc2c[nH]c3ccccc23)c(O)c1. The third-order valence-electron chi connectivity index (χ3n) is 3.59. The number of H-pyrrole nitrogens is 1. The summed E-state index contributed by atoms with van der Waals surface area (Å²) in [6.07, 6.45) is 10.1. The first-order valence-corrected chi connectivity index (χ1v) is 7.37. The molecule has 3 aromatic rings. The van der Waals surface area contributed by atoms with E-state index in [2.05, 4.69) is 10.9 Å². The Balaban J connectivity index is 1.81. The van der Waals surface area contributed by atoms with Crippen LogP contribution in [-0.2, 0) is 0 Å². The zero-order chi connectivity index (χ0) is 16.9.